The van der Waals surface area contributed by atoms with Gasteiger partial charge in [0.05, 0.1) is 21.9 Å². The minimum absolute atomic E-state index is 0.0204. The number of benzene rings is 2. The van der Waals surface area contributed by atoms with E-state index in [0.717, 1.165) is 9.80 Å². The molecule has 6 amide bonds. The van der Waals surface area contributed by atoms with Gasteiger partial charge in [-0.05, 0) is 62.0 Å². The predicted octanol–water partition coefficient (Wildman–Crippen LogP) is -0.182. The first kappa shape index (κ1) is 67.0. The molecule has 34 heteroatoms. The first-order valence-electron chi connectivity index (χ1n) is 22.7. The molecule has 0 unspecified atom stereocenters. The topological polar surface area (TPSA) is 413 Å². The second kappa shape index (κ2) is 35.3. The summed E-state index contributed by atoms with van der Waals surface area (Å²) in [7, 11) is 8.11. The molecule has 0 saturated heterocycles. The Hall–Kier alpha value is -7.14. The first-order valence-corrected chi connectivity index (χ1v) is 28.0. The van der Waals surface area contributed by atoms with Gasteiger partial charge in [0.2, 0.25) is 23.6 Å². The van der Waals surface area contributed by atoms with Gasteiger partial charge in [-0.15, -0.1) is 0 Å². The van der Waals surface area contributed by atoms with Crippen LogP contribution in [-0.4, -0.2) is 216 Å². The zero-order valence-electron chi connectivity index (χ0n) is 42.8. The Morgan fingerprint density at radius 1 is 0.551 bits per heavy atom. The number of thioether (sulfide) groups is 2. The molecule has 8 N–H and O–H groups in total. The van der Waals surface area contributed by atoms with Gasteiger partial charge in [0.15, 0.2) is 0 Å². The molecule has 0 spiro atoms. The monoisotopic (exact) mass is 1180 g/mol. The fraction of sp³-hybridized carbons (Fsp3) is 0.500. The molecule has 0 heterocycles. The summed E-state index contributed by atoms with van der Waals surface area (Å²) in [6.45, 7) is -4.07. The smallest absolute Gasteiger partial charge is 0.408 e. The molecular formula is C44H60N10O20S4. The fourth-order valence-electron chi connectivity index (χ4n) is 6.13. The molecule has 2 rings (SSSR count). The van der Waals surface area contributed by atoms with E-state index >= 15 is 0 Å². The lowest BCUT2D eigenvalue weighted by molar-refractivity contribution is -0.385. The Morgan fingerprint density at radius 3 is 1.17 bits per heavy atom. The molecule has 78 heavy (non-hydrogen) atoms. The second-order valence-electron chi connectivity index (χ2n) is 16.0. The van der Waals surface area contributed by atoms with Crippen molar-refractivity contribution in [2.75, 3.05) is 90.0 Å². The molecule has 30 nitrogen and oxygen atoms in total. The number of alkyl carbamates (subject to hydrolysis) is 2. The zero-order chi connectivity index (χ0) is 58.5. The van der Waals surface area contributed by atoms with Crippen LogP contribution in [0.3, 0.4) is 0 Å². The lowest BCUT2D eigenvalue weighted by Crippen LogP contribution is -2.54. The molecule has 430 valence electrons. The van der Waals surface area contributed by atoms with E-state index in [1.165, 1.54) is 122 Å². The molecule has 6 atom stereocenters. The van der Waals surface area contributed by atoms with Crippen molar-refractivity contribution in [1.29, 1.82) is 0 Å². The highest BCUT2D eigenvalue weighted by atomic mass is 33.1. The zero-order valence-corrected chi connectivity index (χ0v) is 46.1. The van der Waals surface area contributed by atoms with Gasteiger partial charge in [-0.25, -0.2) is 19.2 Å². The number of non-ortho nitro benzene ring substituents is 2. The molecule has 0 saturated carbocycles. The maximum absolute atomic E-state index is 13.8. The quantitative estimate of drug-likeness (QED) is 0.0111. The number of nitro groups is 2. The second-order valence-corrected chi connectivity index (χ2v) is 20.3. The van der Waals surface area contributed by atoms with Crippen LogP contribution in [0.15, 0.2) is 48.5 Å². The minimum atomic E-state index is -1.66. The summed E-state index contributed by atoms with van der Waals surface area (Å²) in [5.41, 5.74) is 0.304. The Kier molecular flexibility index (Phi) is 30.3. The summed E-state index contributed by atoms with van der Waals surface area (Å²) in [5.74, 6) is -7.75. The first-order chi connectivity index (χ1) is 37.0. The number of carbonyl (C=O) groups is 10. The van der Waals surface area contributed by atoms with E-state index < -0.39 is 132 Å². The van der Waals surface area contributed by atoms with E-state index in [9.17, 15) is 68.2 Å². The largest absolute Gasteiger partial charge is 0.480 e. The van der Waals surface area contributed by atoms with Crippen LogP contribution in [0.2, 0.25) is 0 Å². The van der Waals surface area contributed by atoms with Crippen LogP contribution >= 0.6 is 45.1 Å². The third-order valence-electron chi connectivity index (χ3n) is 10.5. The summed E-state index contributed by atoms with van der Waals surface area (Å²) >= 11 is 2.37. The van der Waals surface area contributed by atoms with Crippen molar-refractivity contribution in [3.63, 3.8) is 0 Å². The Labute approximate surface area is 462 Å². The molecule has 0 aliphatic heterocycles. The minimum Gasteiger partial charge on any atom is -0.480 e. The Bertz CT molecular complexity index is 2250. The van der Waals surface area contributed by atoms with E-state index in [4.69, 9.17) is 29.2 Å². The molecule has 2 aromatic carbocycles. The Morgan fingerprint density at radius 2 is 0.885 bits per heavy atom. The van der Waals surface area contributed by atoms with Crippen LogP contribution in [0.4, 0.5) is 21.0 Å². The van der Waals surface area contributed by atoms with Crippen LogP contribution in [0, 0.1) is 20.2 Å². The van der Waals surface area contributed by atoms with Crippen LogP contribution in [0.5, 0.6) is 0 Å². The van der Waals surface area contributed by atoms with Crippen molar-refractivity contribution in [1.82, 2.24) is 41.7 Å². The van der Waals surface area contributed by atoms with Crippen molar-refractivity contribution < 1.29 is 87.0 Å². The van der Waals surface area contributed by atoms with Crippen LogP contribution in [-0.2, 0) is 70.5 Å². The molecule has 0 aromatic heterocycles. The van der Waals surface area contributed by atoms with Crippen LogP contribution in [0.1, 0.15) is 11.1 Å². The van der Waals surface area contributed by atoms with Crippen molar-refractivity contribution in [2.24, 2.45) is 0 Å². The highest BCUT2D eigenvalue weighted by molar-refractivity contribution is 8.76. The summed E-state index contributed by atoms with van der Waals surface area (Å²) in [4.78, 5) is 151. The number of hydrogen-bond donors (Lipinski definition) is 8. The number of ether oxygens (including phenoxy) is 4. The molecule has 0 radical (unpaired) electrons. The van der Waals surface area contributed by atoms with Crippen LogP contribution < -0.4 is 31.9 Å². The molecule has 0 aliphatic carbocycles. The van der Waals surface area contributed by atoms with E-state index in [-0.39, 0.29) is 47.6 Å². The number of carbonyl (C=O) groups excluding carboxylic acids is 8. The molecular weight excluding hydrogens is 1120 g/mol. The van der Waals surface area contributed by atoms with Gasteiger partial charge >= 0.3 is 36.1 Å². The van der Waals surface area contributed by atoms with Gasteiger partial charge in [-0.2, -0.15) is 23.5 Å². The normalized spacial score (nSPS) is 13.1. The molecule has 0 aliphatic rings. The lowest BCUT2D eigenvalue weighted by Gasteiger charge is -2.30. The average molecular weight is 1180 g/mol. The number of carboxylic acids is 2. The number of nitrogens with zero attached hydrogens (tertiary/aromatic N) is 4. The maximum atomic E-state index is 13.8. The molecule has 2 aromatic rings. The number of nitrogens with one attached hydrogen (secondary N) is 6. The number of carboxylic acid groups (broad SMARTS) is 2. The van der Waals surface area contributed by atoms with E-state index in [1.807, 2.05) is 0 Å². The summed E-state index contributed by atoms with van der Waals surface area (Å²) in [6, 6.07) is 2.51. The molecule has 0 bridgehead atoms. The SMILES string of the molecule is CN[C@@H](CSSC[C@H](NC)C(=O)N(C)[C@@H](CSC)C(=O)OC[C@@H](NC(=O)OCc1ccc([N+](=O)[O-])cc1)C(=O)NCC(=O)O)C(=O)N(C)[C@@H](CSC)C(=O)OC[C@@H](NC(=O)OCc1ccc([N+](=O)[O-])cc1)C(=O)NCC(=O)O. The van der Waals surface area contributed by atoms with Gasteiger partial charge in [0, 0.05) is 61.4 Å². The summed E-state index contributed by atoms with van der Waals surface area (Å²) in [6.07, 6.45) is 0.962. The van der Waals surface area contributed by atoms with E-state index in [0.29, 0.717) is 11.1 Å². The number of nitro benzene ring substituents is 2. The van der Waals surface area contributed by atoms with E-state index in [2.05, 4.69) is 31.9 Å². The van der Waals surface area contributed by atoms with Gasteiger partial charge < -0.3 is 70.9 Å². The number of aliphatic carboxylic acids is 2. The summed E-state index contributed by atoms with van der Waals surface area (Å²) in [5, 5.41) is 54.3. The van der Waals surface area contributed by atoms with Crippen molar-refractivity contribution in [2.45, 2.75) is 49.5 Å². The van der Waals surface area contributed by atoms with E-state index in [1.54, 1.807) is 12.5 Å². The fourth-order valence-corrected chi connectivity index (χ4v) is 9.96. The van der Waals surface area contributed by atoms with Crippen molar-refractivity contribution in [3.05, 3.63) is 79.9 Å². The highest BCUT2D eigenvalue weighted by Crippen LogP contribution is 2.25. The average Bonchev–Trinajstić information content (AvgIpc) is 3.41. The van der Waals surface area contributed by atoms with Gasteiger partial charge in [0.25, 0.3) is 11.4 Å². The van der Waals surface area contributed by atoms with Crippen molar-refractivity contribution in [3.8, 4) is 0 Å². The maximum Gasteiger partial charge on any atom is 0.408 e. The summed E-state index contributed by atoms with van der Waals surface area (Å²) < 4.78 is 21.0. The van der Waals surface area contributed by atoms with Crippen LogP contribution in [0.25, 0.3) is 0 Å². The van der Waals surface area contributed by atoms with Gasteiger partial charge in [-0.3, -0.25) is 49.0 Å². The Balaban J connectivity index is 2.06. The number of amides is 6. The van der Waals surface area contributed by atoms with Gasteiger partial charge in [-0.1, -0.05) is 21.6 Å². The number of esters is 2. The third kappa shape index (κ3) is 23.6. The number of rotatable bonds is 35. The number of likely N-dealkylation sites (N-methyl/N-ethyl adjacent to an activating group) is 4. The highest BCUT2D eigenvalue weighted by Gasteiger charge is 2.35. The standard InChI is InChI=1S/C44H60N10O20S4/c1-45-31(39(61)51(3)33(23-75-5)41(63)71-19-29(37(59)47-15-35(55)56)49-43(65)73-17-25-7-11-27(12-8-25)53(67)68)21-77-78-22-32(46-2)40(62)52(4)34(24-76-6)42(64)72-20-30(38(60)48-16-36(57)58)50-44(66)74-18-26-9-13-28(14-10-26)54(69)70/h7-14,29-34,45-46H,15-24H2,1-6H3,(H,47,59)(H,48,60)(H,49,65)(H,50,66)(H,55,56)(H,57,58)/t29-,30-,31+,32+,33+,34+/m1/s1. The number of hydrogen-bond acceptors (Lipinski definition) is 24. The van der Waals surface area contributed by atoms with Crippen molar-refractivity contribution >= 4 is 116 Å². The van der Waals surface area contributed by atoms with Gasteiger partial charge in [0.1, 0.15) is 63.7 Å². The third-order valence-corrected chi connectivity index (χ3v) is 14.3. The lowest BCUT2D eigenvalue weighted by atomic mass is 10.2. The molecule has 0 fully saturated rings. The predicted molar refractivity (Wildman–Crippen MR) is 284 cm³/mol.